The second-order valence-electron chi connectivity index (χ2n) is 2.08. The topological polar surface area (TPSA) is 24.4 Å². The molecule has 0 bridgehead atoms. The maximum atomic E-state index is 3.86. The third kappa shape index (κ3) is 0.886. The van der Waals surface area contributed by atoms with Crippen LogP contribution in [-0.2, 0) is 0 Å². The first-order valence-corrected chi connectivity index (χ1v) is 2.76. The van der Waals surface area contributed by atoms with E-state index < -0.39 is 0 Å². The van der Waals surface area contributed by atoms with E-state index >= 15 is 0 Å². The standard InChI is InChI=1S/C6H10N2/c1-5-3-7-8-4-6(5)2/h3-5,8H,1-2H3. The molecule has 0 spiro atoms. The zero-order chi connectivity index (χ0) is 5.98. The van der Waals surface area contributed by atoms with Gasteiger partial charge < -0.3 is 0 Å². The molecule has 0 aromatic heterocycles. The number of hydrogen-bond acceptors (Lipinski definition) is 2. The van der Waals surface area contributed by atoms with Gasteiger partial charge in [0.25, 0.3) is 0 Å². The number of hydrazone groups is 1. The van der Waals surface area contributed by atoms with Crippen LogP contribution in [0.4, 0.5) is 0 Å². The van der Waals surface area contributed by atoms with E-state index in [9.17, 15) is 0 Å². The highest BCUT2D eigenvalue weighted by Gasteiger charge is 2.01. The predicted octanol–water partition coefficient (Wildman–Crippen LogP) is 1.12. The lowest BCUT2D eigenvalue weighted by molar-refractivity contribution is 0.823. The number of allylic oxidation sites excluding steroid dienone is 1. The molecule has 44 valence electrons. The summed E-state index contributed by atoms with van der Waals surface area (Å²) in [5, 5.41) is 3.86. The number of nitrogens with one attached hydrogen (secondary N) is 1. The molecule has 1 unspecified atom stereocenters. The van der Waals surface area contributed by atoms with Gasteiger partial charge in [0, 0.05) is 18.3 Å². The van der Waals surface area contributed by atoms with Gasteiger partial charge in [-0.15, -0.1) is 0 Å². The summed E-state index contributed by atoms with van der Waals surface area (Å²) in [6, 6.07) is 0. The third-order valence-corrected chi connectivity index (χ3v) is 1.38. The van der Waals surface area contributed by atoms with Crippen molar-refractivity contribution >= 4 is 6.21 Å². The summed E-state index contributed by atoms with van der Waals surface area (Å²) in [5.41, 5.74) is 4.11. The zero-order valence-corrected chi connectivity index (χ0v) is 5.18. The summed E-state index contributed by atoms with van der Waals surface area (Å²) < 4.78 is 0. The highest BCUT2D eigenvalue weighted by atomic mass is 15.3. The maximum Gasteiger partial charge on any atom is 0.0315 e. The van der Waals surface area contributed by atoms with Crippen molar-refractivity contribution in [3.63, 3.8) is 0 Å². The highest BCUT2D eigenvalue weighted by molar-refractivity contribution is 5.65. The largest absolute Gasteiger partial charge is 0.286 e. The van der Waals surface area contributed by atoms with Gasteiger partial charge in [-0.25, -0.2) is 0 Å². The molecule has 1 rings (SSSR count). The van der Waals surface area contributed by atoms with Gasteiger partial charge in [-0.3, -0.25) is 5.43 Å². The van der Waals surface area contributed by atoms with Crippen LogP contribution in [-0.4, -0.2) is 6.21 Å². The second-order valence-corrected chi connectivity index (χ2v) is 2.08. The molecule has 0 amide bonds. The van der Waals surface area contributed by atoms with Gasteiger partial charge in [0.15, 0.2) is 0 Å². The molecule has 8 heavy (non-hydrogen) atoms. The van der Waals surface area contributed by atoms with Crippen LogP contribution in [0.5, 0.6) is 0 Å². The van der Waals surface area contributed by atoms with Crippen LogP contribution in [0.15, 0.2) is 16.9 Å². The van der Waals surface area contributed by atoms with Crippen LogP contribution in [0.3, 0.4) is 0 Å². The fourth-order valence-corrected chi connectivity index (χ4v) is 0.543. The molecule has 0 radical (unpaired) electrons. The molecule has 1 aliphatic heterocycles. The Kier molecular flexibility index (Phi) is 1.33. The minimum Gasteiger partial charge on any atom is -0.286 e. The smallest absolute Gasteiger partial charge is 0.0315 e. The fraction of sp³-hybridized carbons (Fsp3) is 0.500. The Morgan fingerprint density at radius 3 is 2.88 bits per heavy atom. The highest BCUT2D eigenvalue weighted by Crippen LogP contribution is 2.07. The molecule has 0 aromatic rings. The van der Waals surface area contributed by atoms with E-state index in [2.05, 4.69) is 24.4 Å². The molecule has 2 nitrogen and oxygen atoms in total. The molecular weight excluding hydrogens is 100 g/mol. The number of rotatable bonds is 0. The first kappa shape index (κ1) is 5.35. The van der Waals surface area contributed by atoms with Crippen molar-refractivity contribution in [2.45, 2.75) is 13.8 Å². The van der Waals surface area contributed by atoms with Gasteiger partial charge in [0.05, 0.1) is 0 Å². The molecule has 0 aromatic carbocycles. The van der Waals surface area contributed by atoms with Gasteiger partial charge >= 0.3 is 0 Å². The Bertz CT molecular complexity index is 135. The van der Waals surface area contributed by atoms with Gasteiger partial charge in [-0.1, -0.05) is 6.92 Å². The van der Waals surface area contributed by atoms with E-state index in [1.165, 1.54) is 5.57 Å². The lowest BCUT2D eigenvalue weighted by atomic mass is 10.1. The van der Waals surface area contributed by atoms with Crippen LogP contribution in [0, 0.1) is 5.92 Å². The van der Waals surface area contributed by atoms with Crippen molar-refractivity contribution in [2.75, 3.05) is 0 Å². The van der Waals surface area contributed by atoms with E-state index in [-0.39, 0.29) is 0 Å². The maximum absolute atomic E-state index is 3.86. The monoisotopic (exact) mass is 110 g/mol. The van der Waals surface area contributed by atoms with E-state index in [1.54, 1.807) is 0 Å². The summed E-state index contributed by atoms with van der Waals surface area (Å²) in [6.45, 7) is 4.21. The van der Waals surface area contributed by atoms with Crippen LogP contribution in [0.2, 0.25) is 0 Å². The summed E-state index contributed by atoms with van der Waals surface area (Å²) in [7, 11) is 0. The third-order valence-electron chi connectivity index (χ3n) is 1.38. The first-order valence-electron chi connectivity index (χ1n) is 2.76. The summed E-state index contributed by atoms with van der Waals surface area (Å²) in [5.74, 6) is 0.510. The summed E-state index contributed by atoms with van der Waals surface area (Å²) >= 11 is 0. The average molecular weight is 110 g/mol. The van der Waals surface area contributed by atoms with Gasteiger partial charge in [-0.05, 0) is 12.5 Å². The molecule has 0 saturated carbocycles. The molecule has 1 aliphatic rings. The SMILES string of the molecule is CC1=CNN=CC1C. The normalized spacial score (nSPS) is 26.8. The van der Waals surface area contributed by atoms with Crippen LogP contribution in [0.25, 0.3) is 0 Å². The molecule has 0 aliphatic carbocycles. The average Bonchev–Trinajstić information content (AvgIpc) is 1.77. The van der Waals surface area contributed by atoms with Gasteiger partial charge in [0.1, 0.15) is 0 Å². The van der Waals surface area contributed by atoms with Crippen molar-refractivity contribution in [3.05, 3.63) is 11.8 Å². The van der Waals surface area contributed by atoms with Gasteiger partial charge in [0.2, 0.25) is 0 Å². The van der Waals surface area contributed by atoms with Crippen molar-refractivity contribution in [2.24, 2.45) is 11.0 Å². The second kappa shape index (κ2) is 1.99. The van der Waals surface area contributed by atoms with E-state index in [1.807, 2.05) is 12.4 Å². The van der Waals surface area contributed by atoms with Crippen molar-refractivity contribution < 1.29 is 0 Å². The Labute approximate surface area is 49.3 Å². The first-order chi connectivity index (χ1) is 3.80. The Hall–Kier alpha value is -0.790. The van der Waals surface area contributed by atoms with E-state index in [4.69, 9.17) is 0 Å². The minimum atomic E-state index is 0.510. The Balaban J connectivity index is 2.63. The molecule has 1 heterocycles. The van der Waals surface area contributed by atoms with Crippen LogP contribution in [0.1, 0.15) is 13.8 Å². The summed E-state index contributed by atoms with van der Waals surface area (Å²) in [6.07, 6.45) is 3.82. The molecule has 1 N–H and O–H groups in total. The van der Waals surface area contributed by atoms with Gasteiger partial charge in [-0.2, -0.15) is 5.10 Å². The van der Waals surface area contributed by atoms with E-state index in [0.29, 0.717) is 5.92 Å². The number of nitrogens with zero attached hydrogens (tertiary/aromatic N) is 1. The zero-order valence-electron chi connectivity index (χ0n) is 5.18. The van der Waals surface area contributed by atoms with Crippen molar-refractivity contribution in [1.82, 2.24) is 5.43 Å². The van der Waals surface area contributed by atoms with Crippen molar-refractivity contribution in [3.8, 4) is 0 Å². The van der Waals surface area contributed by atoms with Crippen LogP contribution < -0.4 is 5.43 Å². The fourth-order valence-electron chi connectivity index (χ4n) is 0.543. The van der Waals surface area contributed by atoms with Crippen molar-refractivity contribution in [1.29, 1.82) is 0 Å². The predicted molar refractivity (Wildman–Crippen MR) is 34.5 cm³/mol. The molecule has 1 atom stereocenters. The lowest BCUT2D eigenvalue weighted by Gasteiger charge is -2.09. The molecule has 0 saturated heterocycles. The lowest BCUT2D eigenvalue weighted by Crippen LogP contribution is -2.10. The quantitative estimate of drug-likeness (QED) is 0.496. The van der Waals surface area contributed by atoms with Crippen LogP contribution >= 0.6 is 0 Å². The minimum absolute atomic E-state index is 0.510. The molecule has 2 heteroatoms. The summed E-state index contributed by atoms with van der Waals surface area (Å²) in [4.78, 5) is 0. The number of hydrogen-bond donors (Lipinski definition) is 1. The van der Waals surface area contributed by atoms with E-state index in [0.717, 1.165) is 0 Å². The Morgan fingerprint density at radius 2 is 2.50 bits per heavy atom. The molecular formula is C6H10N2. The Morgan fingerprint density at radius 1 is 1.75 bits per heavy atom. The molecule has 0 fully saturated rings.